The zero-order chi connectivity index (χ0) is 20.1. The fourth-order valence-corrected chi connectivity index (χ4v) is 8.20. The molecule has 1 radical (unpaired) electrons. The van der Waals surface area contributed by atoms with Crippen molar-refractivity contribution in [3.63, 3.8) is 0 Å². The van der Waals surface area contributed by atoms with Gasteiger partial charge in [-0.15, -0.1) is 12.1 Å². The molecule has 6 atom stereocenters. The Morgan fingerprint density at radius 2 is 1.96 bits per heavy atom. The fraction of sp³-hybridized carbons (Fsp3) is 0.778. The van der Waals surface area contributed by atoms with Crippen molar-refractivity contribution in [2.24, 2.45) is 34.5 Å². The van der Waals surface area contributed by atoms with Crippen LogP contribution in [0.3, 0.4) is 0 Å². The molecule has 4 aliphatic carbocycles. The maximum absolute atomic E-state index is 4.75. The van der Waals surface area contributed by atoms with Gasteiger partial charge in [-0.1, -0.05) is 64.6 Å². The van der Waals surface area contributed by atoms with E-state index >= 15 is 0 Å². The minimum Gasteiger partial charge on any atom is -0.116 e. The molecule has 0 aromatic rings. The summed E-state index contributed by atoms with van der Waals surface area (Å²) in [6, 6.07) is 0. The number of rotatable bonds is 5. The average Bonchev–Trinajstić information content (AvgIpc) is 2.97. The SMILES string of the molecule is C=C([B]C)CCCC1CCC2C3=C(C(=C)CC12C)C1(C)CCCCC1CC3C. The van der Waals surface area contributed by atoms with Crippen LogP contribution in [0.5, 0.6) is 0 Å². The Hall–Kier alpha value is -0.715. The van der Waals surface area contributed by atoms with Gasteiger partial charge in [-0.3, -0.25) is 0 Å². The molecule has 0 bridgehead atoms. The molecule has 0 aliphatic heterocycles. The molecule has 4 rings (SSSR count). The third-order valence-electron chi connectivity index (χ3n) is 9.74. The van der Waals surface area contributed by atoms with Crippen LogP contribution < -0.4 is 0 Å². The predicted octanol–water partition coefficient (Wildman–Crippen LogP) is 7.95. The monoisotopic (exact) mass is 377 g/mol. The second-order valence-corrected chi connectivity index (χ2v) is 11.3. The lowest BCUT2D eigenvalue weighted by Crippen LogP contribution is -2.46. The van der Waals surface area contributed by atoms with E-state index in [0.29, 0.717) is 10.8 Å². The van der Waals surface area contributed by atoms with Gasteiger partial charge < -0.3 is 0 Å². The van der Waals surface area contributed by atoms with Crippen LogP contribution in [-0.4, -0.2) is 7.28 Å². The molecule has 4 aliphatic rings. The molecule has 0 spiro atoms. The largest absolute Gasteiger partial charge is 0.141 e. The smallest absolute Gasteiger partial charge is 0.116 e. The summed E-state index contributed by atoms with van der Waals surface area (Å²) in [5.41, 5.74) is 7.41. The van der Waals surface area contributed by atoms with Gasteiger partial charge in [-0.25, -0.2) is 0 Å². The summed E-state index contributed by atoms with van der Waals surface area (Å²) in [5, 5.41) is 0. The quantitative estimate of drug-likeness (QED) is 0.426. The molecule has 0 nitrogen and oxygen atoms in total. The topological polar surface area (TPSA) is 0 Å². The third-order valence-corrected chi connectivity index (χ3v) is 9.74. The van der Waals surface area contributed by atoms with E-state index in [1.807, 2.05) is 5.57 Å². The first-order valence-corrected chi connectivity index (χ1v) is 12.2. The van der Waals surface area contributed by atoms with Gasteiger partial charge in [0.15, 0.2) is 0 Å². The molecule has 0 aromatic heterocycles. The zero-order valence-electron chi connectivity index (χ0n) is 19.1. The molecule has 0 heterocycles. The minimum atomic E-state index is 0.436. The predicted molar refractivity (Wildman–Crippen MR) is 124 cm³/mol. The van der Waals surface area contributed by atoms with Crippen molar-refractivity contribution in [3.05, 3.63) is 35.3 Å². The summed E-state index contributed by atoms with van der Waals surface area (Å²) in [5.74, 6) is 3.39. The number of hydrogen-bond donors (Lipinski definition) is 0. The van der Waals surface area contributed by atoms with E-state index in [1.165, 1.54) is 81.7 Å². The minimum absolute atomic E-state index is 0.436. The van der Waals surface area contributed by atoms with Crippen molar-refractivity contribution in [2.45, 2.75) is 98.2 Å². The van der Waals surface area contributed by atoms with Crippen LogP contribution >= 0.6 is 0 Å². The first kappa shape index (κ1) is 20.6. The lowest BCUT2D eigenvalue weighted by atomic mass is 9.48. The Balaban J connectivity index is 1.62. The van der Waals surface area contributed by atoms with Crippen LogP contribution in [0.4, 0.5) is 0 Å². The Labute approximate surface area is 175 Å². The lowest BCUT2D eigenvalue weighted by Gasteiger charge is -2.56. The van der Waals surface area contributed by atoms with Crippen molar-refractivity contribution < 1.29 is 0 Å². The van der Waals surface area contributed by atoms with Crippen LogP contribution in [0.25, 0.3) is 0 Å². The summed E-state index contributed by atoms with van der Waals surface area (Å²) in [6.45, 7) is 18.9. The van der Waals surface area contributed by atoms with Gasteiger partial charge >= 0.3 is 0 Å². The standard InChI is InChI=1S/C27H42B/c1-18-16-22-11-7-8-15-26(22,4)25-19(2)17-27(5)21(12-9-10-20(3)28-6)13-14-23(27)24(18)25/h18,21-23H,2-3,7-17H2,1,4-6H3. The summed E-state index contributed by atoms with van der Waals surface area (Å²) in [7, 11) is 2.18. The number of hydrogen-bond acceptors (Lipinski definition) is 0. The zero-order valence-corrected chi connectivity index (χ0v) is 19.1. The summed E-state index contributed by atoms with van der Waals surface area (Å²) in [6.07, 6.45) is 15.2. The van der Waals surface area contributed by atoms with E-state index in [2.05, 4.69) is 41.5 Å². The molecule has 0 saturated heterocycles. The van der Waals surface area contributed by atoms with Crippen molar-refractivity contribution in [1.82, 2.24) is 0 Å². The molecule has 0 N–H and O–H groups in total. The van der Waals surface area contributed by atoms with Gasteiger partial charge in [0, 0.05) is 0 Å². The highest BCUT2D eigenvalue weighted by molar-refractivity contribution is 6.43. The first-order chi connectivity index (χ1) is 13.3. The van der Waals surface area contributed by atoms with Gasteiger partial charge in [0.1, 0.15) is 7.28 Å². The molecule has 2 fully saturated rings. The Bertz CT molecular complexity index is 684. The molecular formula is C27H42B. The fourth-order valence-electron chi connectivity index (χ4n) is 8.20. The molecule has 28 heavy (non-hydrogen) atoms. The third kappa shape index (κ3) is 3.11. The number of allylic oxidation sites excluding steroid dienone is 4. The van der Waals surface area contributed by atoms with E-state index in [0.717, 1.165) is 23.7 Å². The normalized spacial score (nSPS) is 42.6. The van der Waals surface area contributed by atoms with E-state index in [-0.39, 0.29) is 0 Å². The maximum Gasteiger partial charge on any atom is 0.141 e. The summed E-state index contributed by atoms with van der Waals surface area (Å²) < 4.78 is 0. The van der Waals surface area contributed by atoms with Gasteiger partial charge in [-0.2, -0.15) is 0 Å². The maximum atomic E-state index is 4.75. The first-order valence-electron chi connectivity index (χ1n) is 12.2. The van der Waals surface area contributed by atoms with E-state index in [1.54, 1.807) is 5.57 Å². The Morgan fingerprint density at radius 1 is 1.18 bits per heavy atom. The van der Waals surface area contributed by atoms with Crippen LogP contribution in [0, 0.1) is 34.5 Å². The Morgan fingerprint density at radius 3 is 2.71 bits per heavy atom. The summed E-state index contributed by atoms with van der Waals surface area (Å²) >= 11 is 0. The van der Waals surface area contributed by atoms with Gasteiger partial charge in [-0.05, 0) is 91.4 Å². The molecule has 0 aromatic carbocycles. The molecule has 153 valence electrons. The van der Waals surface area contributed by atoms with Crippen LogP contribution in [-0.2, 0) is 0 Å². The van der Waals surface area contributed by atoms with Gasteiger partial charge in [0.2, 0.25) is 0 Å². The second kappa shape index (κ2) is 7.52. The summed E-state index contributed by atoms with van der Waals surface area (Å²) in [4.78, 5) is 0. The molecule has 2 saturated carbocycles. The molecule has 6 unspecified atom stereocenters. The van der Waals surface area contributed by atoms with Crippen molar-refractivity contribution >= 4 is 7.28 Å². The highest BCUT2D eigenvalue weighted by atomic mass is 14.6. The average molecular weight is 377 g/mol. The van der Waals surface area contributed by atoms with Gasteiger partial charge in [0.25, 0.3) is 0 Å². The highest BCUT2D eigenvalue weighted by Gasteiger charge is 2.56. The molecule has 0 amide bonds. The highest BCUT2D eigenvalue weighted by Crippen LogP contribution is 2.67. The lowest BCUT2D eigenvalue weighted by molar-refractivity contribution is 0.0832. The van der Waals surface area contributed by atoms with Crippen molar-refractivity contribution in [2.75, 3.05) is 0 Å². The number of fused-ring (bicyclic) bond motifs is 4. The van der Waals surface area contributed by atoms with Crippen molar-refractivity contribution in [3.8, 4) is 0 Å². The van der Waals surface area contributed by atoms with E-state index in [9.17, 15) is 0 Å². The van der Waals surface area contributed by atoms with Crippen LogP contribution in [0.15, 0.2) is 35.3 Å². The van der Waals surface area contributed by atoms with Crippen LogP contribution in [0.1, 0.15) is 91.4 Å². The Kier molecular flexibility index (Phi) is 5.52. The molecule has 1 heteroatoms. The van der Waals surface area contributed by atoms with Crippen molar-refractivity contribution in [1.29, 1.82) is 0 Å². The molecular weight excluding hydrogens is 335 g/mol. The second-order valence-electron chi connectivity index (χ2n) is 11.3. The van der Waals surface area contributed by atoms with E-state index < -0.39 is 0 Å². The van der Waals surface area contributed by atoms with Crippen LogP contribution in [0.2, 0.25) is 6.82 Å². The van der Waals surface area contributed by atoms with Gasteiger partial charge in [0.05, 0.1) is 0 Å². The van der Waals surface area contributed by atoms with E-state index in [4.69, 9.17) is 6.58 Å².